The van der Waals surface area contributed by atoms with Gasteiger partial charge in [0, 0.05) is 25.2 Å². The highest BCUT2D eigenvalue weighted by atomic mass is 16.6. The van der Waals surface area contributed by atoms with E-state index in [-0.39, 0.29) is 53.7 Å². The number of likely N-dealkylation sites (tertiary alicyclic amines) is 2. The highest BCUT2D eigenvalue weighted by Gasteiger charge is 2.39. The van der Waals surface area contributed by atoms with Crippen LogP contribution in [0.1, 0.15) is 101 Å². The molecule has 3 amide bonds. The zero-order valence-electron chi connectivity index (χ0n) is 27.5. The van der Waals surface area contributed by atoms with Gasteiger partial charge < -0.3 is 19.9 Å². The smallest absolute Gasteiger partial charge is 0.329 e. The molecule has 0 radical (unpaired) electrons. The summed E-state index contributed by atoms with van der Waals surface area (Å²) in [6.07, 6.45) is 6.01. The maximum absolute atomic E-state index is 13.9. The molecule has 2 rings (SSSR count). The topological polar surface area (TPSA) is 99.3 Å². The summed E-state index contributed by atoms with van der Waals surface area (Å²) in [6.45, 7) is 20.7. The zero-order valence-corrected chi connectivity index (χ0v) is 27.5. The Morgan fingerprint density at radius 1 is 0.902 bits per heavy atom. The molecule has 4 atom stereocenters. The standard InChI is InChI=1S/C32H56N4O5/c1-20(2)26(19-23(7)29(38)36-18-14-16-25(36)31(40)41-32(8,9)10)34(11)30(39)27(21(3)4)33-28(37)24-15-12-13-17-35(24)22(5)6/h19-22,24-27H,12-18H2,1-11H3,(H,33,37)/b23-19+/t24?,25?,26-,27?/m1/s1. The van der Waals surface area contributed by atoms with Crippen molar-refractivity contribution in [3.8, 4) is 0 Å². The Hall–Kier alpha value is -2.42. The summed E-state index contributed by atoms with van der Waals surface area (Å²) in [5.41, 5.74) is -0.143. The quantitative estimate of drug-likeness (QED) is 0.310. The van der Waals surface area contributed by atoms with Crippen LogP contribution >= 0.6 is 0 Å². The van der Waals surface area contributed by atoms with Gasteiger partial charge in [0.1, 0.15) is 17.7 Å². The average molecular weight is 577 g/mol. The van der Waals surface area contributed by atoms with Crippen molar-refractivity contribution in [3.05, 3.63) is 11.6 Å². The Balaban J connectivity index is 2.22. The summed E-state index contributed by atoms with van der Waals surface area (Å²) >= 11 is 0. The first-order chi connectivity index (χ1) is 19.0. The van der Waals surface area contributed by atoms with Gasteiger partial charge in [-0.3, -0.25) is 19.3 Å². The van der Waals surface area contributed by atoms with Crippen molar-refractivity contribution in [2.45, 2.75) is 137 Å². The third kappa shape index (κ3) is 9.29. The van der Waals surface area contributed by atoms with E-state index < -0.39 is 17.7 Å². The van der Waals surface area contributed by atoms with Crippen LogP contribution in [-0.4, -0.2) is 94.3 Å². The second-order valence-corrected chi connectivity index (χ2v) is 13.8. The number of nitrogens with one attached hydrogen (secondary N) is 1. The average Bonchev–Trinajstić information content (AvgIpc) is 3.37. The Morgan fingerprint density at radius 3 is 2.05 bits per heavy atom. The van der Waals surface area contributed by atoms with Crippen LogP contribution in [0.2, 0.25) is 0 Å². The van der Waals surface area contributed by atoms with Gasteiger partial charge in [0.25, 0.3) is 0 Å². The molecule has 1 N–H and O–H groups in total. The number of likely N-dealkylation sites (N-methyl/N-ethyl adjacent to an activating group) is 1. The number of nitrogens with zero attached hydrogens (tertiary/aromatic N) is 3. The molecule has 0 aromatic rings. The van der Waals surface area contributed by atoms with Gasteiger partial charge in [-0.15, -0.1) is 0 Å². The summed E-state index contributed by atoms with van der Waals surface area (Å²) < 4.78 is 5.57. The maximum atomic E-state index is 13.9. The molecule has 0 saturated carbocycles. The lowest BCUT2D eigenvalue weighted by Gasteiger charge is -2.39. The van der Waals surface area contributed by atoms with Crippen LogP contribution in [0.5, 0.6) is 0 Å². The van der Waals surface area contributed by atoms with Gasteiger partial charge >= 0.3 is 5.97 Å². The van der Waals surface area contributed by atoms with E-state index in [1.807, 2.05) is 54.5 Å². The lowest BCUT2D eigenvalue weighted by molar-refractivity contribution is -0.162. The first kappa shape index (κ1) is 34.8. The summed E-state index contributed by atoms with van der Waals surface area (Å²) in [7, 11) is 1.74. The van der Waals surface area contributed by atoms with E-state index in [1.165, 1.54) is 0 Å². The Bertz CT molecular complexity index is 968. The molecule has 3 unspecified atom stereocenters. The van der Waals surface area contributed by atoms with Crippen LogP contribution < -0.4 is 5.32 Å². The number of ether oxygens (including phenoxy) is 1. The molecule has 2 fully saturated rings. The van der Waals surface area contributed by atoms with Gasteiger partial charge in [0.2, 0.25) is 17.7 Å². The molecule has 2 aliphatic heterocycles. The fourth-order valence-electron chi connectivity index (χ4n) is 5.91. The van der Waals surface area contributed by atoms with Gasteiger partial charge in [-0.2, -0.15) is 0 Å². The number of hydrogen-bond acceptors (Lipinski definition) is 6. The van der Waals surface area contributed by atoms with Crippen LogP contribution in [0, 0.1) is 11.8 Å². The maximum Gasteiger partial charge on any atom is 0.329 e. The van der Waals surface area contributed by atoms with Gasteiger partial charge in [0.05, 0.1) is 12.1 Å². The van der Waals surface area contributed by atoms with E-state index in [9.17, 15) is 19.2 Å². The van der Waals surface area contributed by atoms with Crippen molar-refractivity contribution in [1.29, 1.82) is 0 Å². The molecular weight excluding hydrogens is 520 g/mol. The second kappa shape index (κ2) is 14.7. The third-order valence-corrected chi connectivity index (χ3v) is 8.17. The van der Waals surface area contributed by atoms with Crippen molar-refractivity contribution in [1.82, 2.24) is 20.0 Å². The number of amides is 3. The Kier molecular flexibility index (Phi) is 12.4. The van der Waals surface area contributed by atoms with Crippen molar-refractivity contribution in [3.63, 3.8) is 0 Å². The van der Waals surface area contributed by atoms with Crippen LogP contribution in [0.25, 0.3) is 0 Å². The predicted molar refractivity (Wildman–Crippen MR) is 162 cm³/mol. The first-order valence-corrected chi connectivity index (χ1v) is 15.5. The van der Waals surface area contributed by atoms with Gasteiger partial charge in [-0.05, 0) is 85.6 Å². The third-order valence-electron chi connectivity index (χ3n) is 8.17. The molecule has 0 aliphatic carbocycles. The molecule has 0 aromatic heterocycles. The first-order valence-electron chi connectivity index (χ1n) is 15.5. The van der Waals surface area contributed by atoms with Crippen LogP contribution in [0.15, 0.2) is 11.6 Å². The summed E-state index contributed by atoms with van der Waals surface area (Å²) in [4.78, 5) is 59.1. The molecule has 41 heavy (non-hydrogen) atoms. The monoisotopic (exact) mass is 576 g/mol. The highest BCUT2D eigenvalue weighted by molar-refractivity contribution is 5.96. The van der Waals surface area contributed by atoms with E-state index in [4.69, 9.17) is 4.74 Å². The number of rotatable bonds is 10. The SMILES string of the molecule is C/C(=C\[C@H](C(C)C)N(C)C(=O)C(NC(=O)C1CCCCN1C(C)C)C(C)C)C(=O)N1CCCC1C(=O)OC(C)(C)C. The number of piperidine rings is 1. The Labute approximate surface area is 248 Å². The second-order valence-electron chi connectivity index (χ2n) is 13.8. The Morgan fingerprint density at radius 2 is 1.51 bits per heavy atom. The van der Waals surface area contributed by atoms with Gasteiger partial charge in [-0.1, -0.05) is 40.2 Å². The van der Waals surface area contributed by atoms with Crippen molar-refractivity contribution in [2.24, 2.45) is 11.8 Å². The van der Waals surface area contributed by atoms with Crippen LogP contribution in [-0.2, 0) is 23.9 Å². The normalized spacial score (nSPS) is 22.2. The summed E-state index contributed by atoms with van der Waals surface area (Å²) in [5, 5.41) is 3.08. The van der Waals surface area contributed by atoms with E-state index >= 15 is 0 Å². The van der Waals surface area contributed by atoms with Crippen molar-refractivity contribution in [2.75, 3.05) is 20.1 Å². The molecule has 9 heteroatoms. The summed E-state index contributed by atoms with van der Waals surface area (Å²) in [5.74, 6) is -0.959. The van der Waals surface area contributed by atoms with Crippen molar-refractivity contribution >= 4 is 23.7 Å². The number of esters is 1. The number of carbonyl (C=O) groups excluding carboxylic acids is 4. The minimum Gasteiger partial charge on any atom is -0.458 e. The molecule has 0 aromatic carbocycles. The molecule has 2 heterocycles. The highest BCUT2D eigenvalue weighted by Crippen LogP contribution is 2.25. The number of hydrogen-bond donors (Lipinski definition) is 1. The molecule has 0 spiro atoms. The largest absolute Gasteiger partial charge is 0.458 e. The lowest BCUT2D eigenvalue weighted by atomic mass is 9.95. The molecule has 9 nitrogen and oxygen atoms in total. The fraction of sp³-hybridized carbons (Fsp3) is 0.812. The van der Waals surface area contributed by atoms with Crippen LogP contribution in [0.3, 0.4) is 0 Å². The van der Waals surface area contributed by atoms with E-state index in [0.717, 1.165) is 32.2 Å². The minimum absolute atomic E-state index is 0.0187. The minimum atomic E-state index is -0.677. The molecule has 0 bridgehead atoms. The molecular formula is C32H56N4O5. The van der Waals surface area contributed by atoms with Gasteiger partial charge in [0.15, 0.2) is 0 Å². The van der Waals surface area contributed by atoms with Crippen molar-refractivity contribution < 1.29 is 23.9 Å². The molecule has 2 aliphatic rings. The zero-order chi connectivity index (χ0) is 31.2. The van der Waals surface area contributed by atoms with E-state index in [1.54, 1.807) is 23.8 Å². The predicted octanol–water partition coefficient (Wildman–Crippen LogP) is 4.15. The summed E-state index contributed by atoms with van der Waals surface area (Å²) in [6, 6.07) is -1.63. The number of carbonyl (C=O) groups is 4. The molecule has 2 saturated heterocycles. The lowest BCUT2D eigenvalue weighted by Crippen LogP contribution is -2.58. The van der Waals surface area contributed by atoms with Crippen LogP contribution in [0.4, 0.5) is 0 Å². The molecule has 234 valence electrons. The van der Waals surface area contributed by atoms with E-state index in [2.05, 4.69) is 24.1 Å². The van der Waals surface area contributed by atoms with Gasteiger partial charge in [-0.25, -0.2) is 4.79 Å². The fourth-order valence-corrected chi connectivity index (χ4v) is 5.91. The van der Waals surface area contributed by atoms with E-state index in [0.29, 0.717) is 18.5 Å².